The van der Waals surface area contributed by atoms with Crippen LogP contribution in [0.4, 0.5) is 0 Å². The van der Waals surface area contributed by atoms with E-state index in [1.165, 1.54) is 0 Å². The third kappa shape index (κ3) is 5.31. The summed E-state index contributed by atoms with van der Waals surface area (Å²) in [6.45, 7) is 10.7. The van der Waals surface area contributed by atoms with Crippen molar-refractivity contribution in [1.82, 2.24) is 10.2 Å². The minimum Gasteiger partial charge on any atom is -0.481 e. The molecule has 1 aliphatic heterocycles. The van der Waals surface area contributed by atoms with Crippen LogP contribution in [0.3, 0.4) is 0 Å². The van der Waals surface area contributed by atoms with Crippen LogP contribution in [0.25, 0.3) is 0 Å². The van der Waals surface area contributed by atoms with Gasteiger partial charge in [0.1, 0.15) is 5.75 Å². The summed E-state index contributed by atoms with van der Waals surface area (Å²) in [7, 11) is 0. The SMILES string of the molecule is Cc1cc(C)cc(OC(C)C(=O)NCCN2CCOCC2)c1. The Balaban J connectivity index is 1.74. The smallest absolute Gasteiger partial charge is 0.260 e. The summed E-state index contributed by atoms with van der Waals surface area (Å²) in [6.07, 6.45) is -0.495. The first-order valence-corrected chi connectivity index (χ1v) is 7.87. The molecule has 1 saturated heterocycles. The van der Waals surface area contributed by atoms with Gasteiger partial charge in [-0.3, -0.25) is 9.69 Å². The van der Waals surface area contributed by atoms with Crippen molar-refractivity contribution in [2.75, 3.05) is 39.4 Å². The summed E-state index contributed by atoms with van der Waals surface area (Å²) in [5.74, 6) is 0.667. The second-order valence-corrected chi connectivity index (χ2v) is 5.83. The van der Waals surface area contributed by atoms with Gasteiger partial charge in [0.15, 0.2) is 6.10 Å². The fraction of sp³-hybridized carbons (Fsp3) is 0.588. The second kappa shape index (κ2) is 8.15. The topological polar surface area (TPSA) is 50.8 Å². The lowest BCUT2D eigenvalue weighted by atomic mass is 10.1. The van der Waals surface area contributed by atoms with Gasteiger partial charge in [-0.25, -0.2) is 0 Å². The van der Waals surface area contributed by atoms with Gasteiger partial charge in [-0.15, -0.1) is 0 Å². The van der Waals surface area contributed by atoms with Crippen LogP contribution in [0.1, 0.15) is 18.1 Å². The van der Waals surface area contributed by atoms with Crippen LogP contribution < -0.4 is 10.1 Å². The maximum Gasteiger partial charge on any atom is 0.260 e. The van der Waals surface area contributed by atoms with Gasteiger partial charge in [-0.05, 0) is 44.0 Å². The fourth-order valence-corrected chi connectivity index (χ4v) is 2.56. The van der Waals surface area contributed by atoms with Gasteiger partial charge in [-0.2, -0.15) is 0 Å². The monoisotopic (exact) mass is 306 g/mol. The third-order valence-electron chi connectivity index (χ3n) is 3.71. The number of nitrogens with one attached hydrogen (secondary N) is 1. The van der Waals surface area contributed by atoms with E-state index in [1.807, 2.05) is 26.0 Å². The Hall–Kier alpha value is -1.59. The summed E-state index contributed by atoms with van der Waals surface area (Å²) in [6, 6.07) is 5.98. The maximum absolute atomic E-state index is 12.1. The van der Waals surface area contributed by atoms with Crippen LogP contribution >= 0.6 is 0 Å². The normalized spacial score (nSPS) is 17.0. The molecule has 5 heteroatoms. The maximum atomic E-state index is 12.1. The number of aryl methyl sites for hydroxylation is 2. The molecule has 1 aliphatic rings. The zero-order valence-corrected chi connectivity index (χ0v) is 13.7. The van der Waals surface area contributed by atoms with Crippen LogP contribution in [0, 0.1) is 13.8 Å². The van der Waals surface area contributed by atoms with Gasteiger partial charge in [-0.1, -0.05) is 6.07 Å². The average Bonchev–Trinajstić information content (AvgIpc) is 2.47. The third-order valence-corrected chi connectivity index (χ3v) is 3.71. The van der Waals surface area contributed by atoms with E-state index in [-0.39, 0.29) is 5.91 Å². The molecular formula is C17H26N2O3. The predicted octanol–water partition coefficient (Wildman–Crippen LogP) is 1.52. The number of carbonyl (C=O) groups excluding carboxylic acids is 1. The van der Waals surface area contributed by atoms with Crippen molar-refractivity contribution in [2.45, 2.75) is 26.9 Å². The highest BCUT2D eigenvalue weighted by Crippen LogP contribution is 2.17. The molecule has 5 nitrogen and oxygen atoms in total. The molecule has 0 aliphatic carbocycles. The zero-order valence-electron chi connectivity index (χ0n) is 13.7. The highest BCUT2D eigenvalue weighted by atomic mass is 16.5. The molecule has 1 heterocycles. The molecule has 1 N–H and O–H groups in total. The lowest BCUT2D eigenvalue weighted by Crippen LogP contribution is -2.43. The van der Waals surface area contributed by atoms with Crippen LogP contribution in [0.2, 0.25) is 0 Å². The Morgan fingerprint density at radius 3 is 2.55 bits per heavy atom. The molecule has 2 rings (SSSR count). The zero-order chi connectivity index (χ0) is 15.9. The molecule has 1 amide bonds. The van der Waals surface area contributed by atoms with Crippen molar-refractivity contribution >= 4 is 5.91 Å². The molecular weight excluding hydrogens is 280 g/mol. The van der Waals surface area contributed by atoms with E-state index in [4.69, 9.17) is 9.47 Å². The first kappa shape index (κ1) is 16.8. The number of ether oxygens (including phenoxy) is 2. The van der Waals surface area contributed by atoms with Gasteiger partial charge in [0, 0.05) is 26.2 Å². The molecule has 1 aromatic rings. The van der Waals surface area contributed by atoms with Crippen molar-refractivity contribution in [3.63, 3.8) is 0 Å². The molecule has 1 aromatic carbocycles. The molecule has 0 bridgehead atoms. The molecule has 1 atom stereocenters. The highest BCUT2D eigenvalue weighted by molar-refractivity contribution is 5.80. The number of nitrogens with zero attached hydrogens (tertiary/aromatic N) is 1. The van der Waals surface area contributed by atoms with Gasteiger partial charge in [0.25, 0.3) is 5.91 Å². The molecule has 0 radical (unpaired) electrons. The first-order valence-electron chi connectivity index (χ1n) is 7.87. The molecule has 0 saturated carbocycles. The minimum atomic E-state index is -0.495. The van der Waals surface area contributed by atoms with Gasteiger partial charge < -0.3 is 14.8 Å². The van der Waals surface area contributed by atoms with E-state index < -0.39 is 6.10 Å². The summed E-state index contributed by atoms with van der Waals surface area (Å²) in [5, 5.41) is 2.93. The summed E-state index contributed by atoms with van der Waals surface area (Å²) >= 11 is 0. The molecule has 1 unspecified atom stereocenters. The van der Waals surface area contributed by atoms with E-state index in [0.717, 1.165) is 49.7 Å². The number of carbonyl (C=O) groups is 1. The first-order chi connectivity index (χ1) is 10.5. The van der Waals surface area contributed by atoms with Crippen molar-refractivity contribution in [2.24, 2.45) is 0 Å². The summed E-state index contributed by atoms with van der Waals surface area (Å²) in [5.41, 5.74) is 2.27. The number of hydrogen-bond donors (Lipinski definition) is 1. The van der Waals surface area contributed by atoms with E-state index >= 15 is 0 Å². The van der Waals surface area contributed by atoms with Crippen molar-refractivity contribution in [3.8, 4) is 5.75 Å². The number of amides is 1. The van der Waals surface area contributed by atoms with Crippen molar-refractivity contribution < 1.29 is 14.3 Å². The predicted molar refractivity (Wildman–Crippen MR) is 86.3 cm³/mol. The Morgan fingerprint density at radius 2 is 1.91 bits per heavy atom. The van der Waals surface area contributed by atoms with Gasteiger partial charge in [0.2, 0.25) is 0 Å². The number of morpholine rings is 1. The summed E-state index contributed by atoms with van der Waals surface area (Å²) < 4.78 is 11.0. The van der Waals surface area contributed by atoms with E-state index in [2.05, 4.69) is 16.3 Å². The van der Waals surface area contributed by atoms with Crippen LogP contribution in [0.15, 0.2) is 18.2 Å². The van der Waals surface area contributed by atoms with Crippen LogP contribution in [-0.4, -0.2) is 56.3 Å². The highest BCUT2D eigenvalue weighted by Gasteiger charge is 2.15. The van der Waals surface area contributed by atoms with E-state index in [0.29, 0.717) is 6.54 Å². The fourth-order valence-electron chi connectivity index (χ4n) is 2.56. The van der Waals surface area contributed by atoms with Crippen LogP contribution in [0.5, 0.6) is 5.75 Å². The largest absolute Gasteiger partial charge is 0.481 e. The second-order valence-electron chi connectivity index (χ2n) is 5.83. The van der Waals surface area contributed by atoms with E-state index in [1.54, 1.807) is 6.92 Å². The molecule has 1 fully saturated rings. The lowest BCUT2D eigenvalue weighted by molar-refractivity contribution is -0.127. The molecule has 0 spiro atoms. The van der Waals surface area contributed by atoms with Crippen LogP contribution in [-0.2, 0) is 9.53 Å². The Labute approximate surface area is 132 Å². The Kier molecular flexibility index (Phi) is 6.21. The number of hydrogen-bond acceptors (Lipinski definition) is 4. The summed E-state index contributed by atoms with van der Waals surface area (Å²) in [4.78, 5) is 14.4. The molecule has 122 valence electrons. The van der Waals surface area contributed by atoms with Crippen molar-refractivity contribution in [3.05, 3.63) is 29.3 Å². The van der Waals surface area contributed by atoms with Gasteiger partial charge >= 0.3 is 0 Å². The average molecular weight is 306 g/mol. The van der Waals surface area contributed by atoms with E-state index in [9.17, 15) is 4.79 Å². The number of rotatable bonds is 6. The lowest BCUT2D eigenvalue weighted by Gasteiger charge is -2.26. The quantitative estimate of drug-likeness (QED) is 0.866. The van der Waals surface area contributed by atoms with Crippen molar-refractivity contribution in [1.29, 1.82) is 0 Å². The number of benzene rings is 1. The molecule has 22 heavy (non-hydrogen) atoms. The Morgan fingerprint density at radius 1 is 1.27 bits per heavy atom. The minimum absolute atomic E-state index is 0.0765. The standard InChI is InChI=1S/C17H26N2O3/c1-13-10-14(2)12-16(11-13)22-15(3)17(20)18-4-5-19-6-8-21-9-7-19/h10-12,15H,4-9H2,1-3H3,(H,18,20). The molecule has 0 aromatic heterocycles. The Bertz CT molecular complexity index is 478. The van der Waals surface area contributed by atoms with Gasteiger partial charge in [0.05, 0.1) is 13.2 Å².